The van der Waals surface area contributed by atoms with Crippen molar-refractivity contribution >= 4 is 71.7 Å². The number of rotatable bonds is 17. The lowest BCUT2D eigenvalue weighted by Gasteiger charge is -2.26. The second-order valence-corrected chi connectivity index (χ2v) is 19.3. The summed E-state index contributed by atoms with van der Waals surface area (Å²) >= 11 is 0. The summed E-state index contributed by atoms with van der Waals surface area (Å²) in [5.41, 5.74) is 16.1. The predicted molar refractivity (Wildman–Crippen MR) is 212 cm³/mol. The maximum absolute atomic E-state index is 14.0. The minimum Gasteiger partial charge on any atom is -0.455 e. The number of benzene rings is 1. The van der Waals surface area contributed by atoms with E-state index in [0.29, 0.717) is 16.2 Å². The Morgan fingerprint density at radius 2 is 1.80 bits per heavy atom. The van der Waals surface area contributed by atoms with Crippen LogP contribution >= 0.6 is 37.0 Å². The van der Waals surface area contributed by atoms with E-state index < -0.39 is 108 Å². The van der Waals surface area contributed by atoms with Gasteiger partial charge < -0.3 is 60.5 Å². The number of carbonyl (C=O) groups excluding carboxylic acids is 2. The number of nitrogen functional groups attached to an aromatic ring is 2. The van der Waals surface area contributed by atoms with Crippen molar-refractivity contribution in [2.45, 2.75) is 80.2 Å². The molecule has 2 aliphatic rings. The van der Waals surface area contributed by atoms with Gasteiger partial charge >= 0.3 is 33.0 Å². The summed E-state index contributed by atoms with van der Waals surface area (Å²) in [6.45, 7) is 1.95. The molecule has 0 amide bonds. The third kappa shape index (κ3) is 10.5. The van der Waals surface area contributed by atoms with Crippen molar-refractivity contribution in [2.24, 2.45) is 5.73 Å². The first-order valence-electron chi connectivity index (χ1n) is 17.9. The van der Waals surface area contributed by atoms with Gasteiger partial charge in [-0.2, -0.15) is 4.98 Å². The van der Waals surface area contributed by atoms with Crippen LogP contribution in [-0.2, 0) is 42.0 Å². The second-order valence-electron chi connectivity index (χ2n) is 13.3. The Labute approximate surface area is 347 Å². The fraction of sp³-hybridized carbons (Fsp3) is 0.469. The molecule has 0 saturated carbocycles. The molecule has 1 aromatic carbocycles. The van der Waals surface area contributed by atoms with Crippen molar-refractivity contribution in [1.82, 2.24) is 29.1 Å². The van der Waals surface area contributed by atoms with Crippen molar-refractivity contribution in [1.29, 1.82) is 0 Å². The molecule has 28 heteroatoms. The topological polar surface area (TPSA) is 361 Å². The minimum atomic E-state index is -5.11. The van der Waals surface area contributed by atoms with Gasteiger partial charge in [0.25, 0.3) is 0 Å². The van der Waals surface area contributed by atoms with Gasteiger partial charge in [0.1, 0.15) is 47.9 Å². The van der Waals surface area contributed by atoms with Crippen molar-refractivity contribution in [3.63, 3.8) is 0 Å². The highest BCUT2D eigenvalue weighted by atomic mass is 33.1. The third-order valence-corrected chi connectivity index (χ3v) is 14.0. The predicted octanol–water partition coefficient (Wildman–Crippen LogP) is 0.777. The van der Waals surface area contributed by atoms with Gasteiger partial charge in [0.2, 0.25) is 0 Å². The van der Waals surface area contributed by atoms with E-state index in [2.05, 4.69) is 24.5 Å². The SMILES string of the molecule is CCSSc1cccc(C)c1OC(=O)C[C@H](N)C(=O)O[C@@H]1C(COP(=O)(O)[C@H]2C[C@H](n3ccc(N)nc3=O)O[C@@H]2COP(=O)(O)O)O[C@@H](n2cnc3c(N)ncnc32)[C@@H]1O. The quantitative estimate of drug-likeness (QED) is 0.0333. The largest absolute Gasteiger partial charge is 0.469 e. The minimum absolute atomic E-state index is 0.0000843. The molecule has 2 unspecified atom stereocenters. The van der Waals surface area contributed by atoms with E-state index in [9.17, 15) is 43.3 Å². The van der Waals surface area contributed by atoms with Crippen LogP contribution in [0.5, 0.6) is 5.75 Å². The normalized spacial score (nSPS) is 24.6. The number of aliphatic hydroxyl groups is 1. The molecule has 0 aliphatic carbocycles. The Kier molecular flexibility index (Phi) is 14.4. The fourth-order valence-corrected chi connectivity index (χ4v) is 10.0. The van der Waals surface area contributed by atoms with Crippen molar-refractivity contribution in [2.75, 3.05) is 30.4 Å². The number of anilines is 2. The second kappa shape index (κ2) is 18.9. The molecular formula is C32H41N9O15P2S2. The molecule has 2 saturated heterocycles. The summed E-state index contributed by atoms with van der Waals surface area (Å²) in [5.74, 6) is -1.06. The zero-order valence-corrected chi connectivity index (χ0v) is 35.0. The molecule has 60 heavy (non-hydrogen) atoms. The lowest BCUT2D eigenvalue weighted by molar-refractivity contribution is -0.159. The lowest BCUT2D eigenvalue weighted by Crippen LogP contribution is -2.44. The number of nitrogens with zero attached hydrogens (tertiary/aromatic N) is 6. The number of aliphatic hydroxyl groups excluding tert-OH is 1. The molecule has 326 valence electrons. The first kappa shape index (κ1) is 45.5. The van der Waals surface area contributed by atoms with Crippen LogP contribution in [0.4, 0.5) is 11.6 Å². The highest BCUT2D eigenvalue weighted by Crippen LogP contribution is 2.56. The smallest absolute Gasteiger partial charge is 0.455 e. The van der Waals surface area contributed by atoms with Gasteiger partial charge in [0.05, 0.1) is 42.6 Å². The van der Waals surface area contributed by atoms with Crippen molar-refractivity contribution in [3.05, 3.63) is 59.2 Å². The number of fused-ring (bicyclic) bond motifs is 1. The molecule has 2 fully saturated rings. The molecule has 0 bridgehead atoms. The molecule has 3 aromatic heterocycles. The Balaban J connectivity index is 1.21. The van der Waals surface area contributed by atoms with Crippen LogP contribution in [0.3, 0.4) is 0 Å². The number of imidazole rings is 1. The molecule has 5 heterocycles. The van der Waals surface area contributed by atoms with Crippen LogP contribution in [0, 0.1) is 6.92 Å². The zero-order chi connectivity index (χ0) is 43.5. The average Bonchev–Trinajstić information content (AvgIpc) is 3.89. The Bertz CT molecular complexity index is 2370. The summed E-state index contributed by atoms with van der Waals surface area (Å²) in [6, 6.07) is 4.98. The summed E-state index contributed by atoms with van der Waals surface area (Å²) in [4.78, 5) is 85.6. The average molecular weight is 918 g/mol. The summed E-state index contributed by atoms with van der Waals surface area (Å²) in [6.07, 6.45) is -6.69. The summed E-state index contributed by atoms with van der Waals surface area (Å²) in [7, 11) is -7.14. The van der Waals surface area contributed by atoms with E-state index in [1.165, 1.54) is 44.7 Å². The standard InChI is InChI=1S/C32H41N9O15P2S2/c1-3-59-60-20-6-4-5-15(2)26(20)55-23(42)9-16(33)31(44)56-27-18(54-30(25(27)43)41-14-38-24-28(35)36-13-37-29(24)41)12-51-57(46,47)19-10-22(40-8-7-21(34)39-32(40)45)53-17(19)11-52-58(48,49)50/h4-8,13-14,16-19,22,25,27,30,43H,3,9-12,33H2,1-2H3,(H,46,47)(H2,34,39,45)(H2,35,36,37)(H2,48,49,50)/t16-,17+,18?,19-,22+,25+,27+,30+/m0/s1. The first-order chi connectivity index (χ1) is 28.4. The van der Waals surface area contributed by atoms with Gasteiger partial charge in [-0.05, 0) is 24.6 Å². The molecule has 6 rings (SSSR count). The maximum atomic E-state index is 14.0. The van der Waals surface area contributed by atoms with Crippen LogP contribution in [0.1, 0.15) is 37.8 Å². The number of para-hydroxylation sites is 1. The summed E-state index contributed by atoms with van der Waals surface area (Å²) < 4.78 is 60.8. The number of hydrogen-bond donors (Lipinski definition) is 7. The van der Waals surface area contributed by atoms with Crippen LogP contribution < -0.4 is 27.6 Å². The lowest BCUT2D eigenvalue weighted by atomic mass is 10.1. The first-order valence-corrected chi connectivity index (χ1v) is 23.4. The van der Waals surface area contributed by atoms with Crippen molar-refractivity contribution < 1.29 is 66.5 Å². The van der Waals surface area contributed by atoms with Crippen LogP contribution in [0.2, 0.25) is 0 Å². The maximum Gasteiger partial charge on any atom is 0.469 e. The van der Waals surface area contributed by atoms with E-state index in [0.717, 1.165) is 16.6 Å². The molecule has 4 aromatic rings. The number of aryl methyl sites for hydroxylation is 1. The van der Waals surface area contributed by atoms with Crippen LogP contribution in [-0.4, -0.2) is 116 Å². The molecule has 9 atom stereocenters. The van der Waals surface area contributed by atoms with Gasteiger partial charge in [-0.25, -0.2) is 24.3 Å². The van der Waals surface area contributed by atoms with Gasteiger partial charge in [0, 0.05) is 18.4 Å². The van der Waals surface area contributed by atoms with Crippen molar-refractivity contribution in [3.8, 4) is 5.75 Å². The highest BCUT2D eigenvalue weighted by Gasteiger charge is 2.52. The number of phosphoric ester groups is 1. The molecule has 2 aliphatic heterocycles. The number of carbonyl (C=O) groups is 2. The monoisotopic (exact) mass is 917 g/mol. The third-order valence-electron chi connectivity index (χ3n) is 9.19. The Morgan fingerprint density at radius 3 is 2.52 bits per heavy atom. The van der Waals surface area contributed by atoms with E-state index in [1.54, 1.807) is 25.1 Å². The number of phosphoric acid groups is 1. The van der Waals surface area contributed by atoms with Crippen LogP contribution in [0.25, 0.3) is 11.2 Å². The molecule has 0 spiro atoms. The number of esters is 2. The van der Waals surface area contributed by atoms with Gasteiger partial charge in [0.15, 0.2) is 23.8 Å². The van der Waals surface area contributed by atoms with Gasteiger partial charge in [-0.3, -0.25) is 27.8 Å². The van der Waals surface area contributed by atoms with Gasteiger partial charge in [-0.1, -0.05) is 40.6 Å². The Morgan fingerprint density at radius 1 is 1.05 bits per heavy atom. The van der Waals surface area contributed by atoms with E-state index in [-0.39, 0.29) is 22.8 Å². The highest BCUT2D eigenvalue weighted by molar-refractivity contribution is 8.76. The summed E-state index contributed by atoms with van der Waals surface area (Å²) in [5, 5.41) is 11.6. The van der Waals surface area contributed by atoms with E-state index >= 15 is 0 Å². The zero-order valence-electron chi connectivity index (χ0n) is 31.6. The number of hydrogen-bond acceptors (Lipinski definition) is 21. The molecule has 24 nitrogen and oxygen atoms in total. The molecule has 10 N–H and O–H groups in total. The number of aromatic nitrogens is 6. The van der Waals surface area contributed by atoms with E-state index in [4.69, 9.17) is 40.7 Å². The van der Waals surface area contributed by atoms with Gasteiger partial charge in [-0.15, -0.1) is 0 Å². The number of nitrogens with two attached hydrogens (primary N) is 3. The fourth-order valence-electron chi connectivity index (χ4n) is 6.34. The van der Waals surface area contributed by atoms with E-state index in [1.807, 2.05) is 6.92 Å². The Hall–Kier alpha value is -4.01. The number of ether oxygens (including phenoxy) is 4. The van der Waals surface area contributed by atoms with Crippen LogP contribution in [0.15, 0.2) is 52.8 Å². The molecular weight excluding hydrogens is 876 g/mol. The molecule has 0 radical (unpaired) electrons.